The van der Waals surface area contributed by atoms with Gasteiger partial charge in [0.05, 0.1) is 5.52 Å². The van der Waals surface area contributed by atoms with Gasteiger partial charge in [-0.15, -0.1) is 0 Å². The zero-order valence-electron chi connectivity index (χ0n) is 12.9. The van der Waals surface area contributed by atoms with E-state index in [4.69, 9.17) is 11.6 Å². The molecule has 122 valence electrons. The number of hydrogen-bond acceptors (Lipinski definition) is 3. The minimum atomic E-state index is -4.45. The van der Waals surface area contributed by atoms with Gasteiger partial charge in [-0.2, -0.15) is 13.2 Å². The molecule has 0 fully saturated rings. The van der Waals surface area contributed by atoms with Crippen molar-refractivity contribution < 1.29 is 13.2 Å². The van der Waals surface area contributed by atoms with Crippen molar-refractivity contribution in [3.8, 4) is 0 Å². The summed E-state index contributed by atoms with van der Waals surface area (Å²) in [6.45, 7) is 6.88. The number of benzene rings is 1. The lowest BCUT2D eigenvalue weighted by Crippen LogP contribution is -2.43. The summed E-state index contributed by atoms with van der Waals surface area (Å²) in [5, 5.41) is 0.764. The topological polar surface area (TPSA) is 29.0 Å². The Morgan fingerprint density at radius 2 is 1.96 bits per heavy atom. The molecule has 0 amide bonds. The lowest BCUT2D eigenvalue weighted by Gasteiger charge is -2.33. The SMILES string of the molecule is C=C1N(C)c2cc3c(Cl)nc(C)nc3cc2C1(CC)C(F)(F)F. The van der Waals surface area contributed by atoms with Crippen molar-refractivity contribution in [1.82, 2.24) is 9.97 Å². The fraction of sp³-hybridized carbons (Fsp3) is 0.375. The van der Waals surface area contributed by atoms with Crippen LogP contribution >= 0.6 is 11.6 Å². The van der Waals surface area contributed by atoms with Crippen molar-refractivity contribution in [2.75, 3.05) is 11.9 Å². The van der Waals surface area contributed by atoms with Gasteiger partial charge in [0, 0.05) is 23.8 Å². The summed E-state index contributed by atoms with van der Waals surface area (Å²) < 4.78 is 41.8. The Labute approximate surface area is 136 Å². The fourth-order valence-electron chi connectivity index (χ4n) is 3.35. The number of aromatic nitrogens is 2. The van der Waals surface area contributed by atoms with E-state index >= 15 is 0 Å². The summed E-state index contributed by atoms with van der Waals surface area (Å²) in [4.78, 5) is 9.78. The molecule has 3 nitrogen and oxygen atoms in total. The van der Waals surface area contributed by atoms with E-state index in [0.29, 0.717) is 22.4 Å². The lowest BCUT2D eigenvalue weighted by atomic mass is 9.76. The molecule has 1 unspecified atom stereocenters. The van der Waals surface area contributed by atoms with Crippen LogP contribution in [0.1, 0.15) is 24.7 Å². The Balaban J connectivity index is 2.42. The third kappa shape index (κ3) is 1.97. The van der Waals surface area contributed by atoms with Crippen LogP contribution in [0.25, 0.3) is 10.9 Å². The average molecular weight is 342 g/mol. The van der Waals surface area contributed by atoms with Gasteiger partial charge in [-0.25, -0.2) is 9.97 Å². The molecule has 0 aliphatic carbocycles. The van der Waals surface area contributed by atoms with Gasteiger partial charge in [0.25, 0.3) is 0 Å². The van der Waals surface area contributed by atoms with Gasteiger partial charge in [0.1, 0.15) is 16.4 Å². The maximum absolute atomic E-state index is 13.9. The molecule has 0 bridgehead atoms. The number of alkyl halides is 3. The number of hydrogen-bond donors (Lipinski definition) is 0. The molecule has 1 aromatic carbocycles. The summed E-state index contributed by atoms with van der Waals surface area (Å²) >= 11 is 6.13. The highest BCUT2D eigenvalue weighted by Crippen LogP contribution is 2.57. The second kappa shape index (κ2) is 4.84. The van der Waals surface area contributed by atoms with Crippen LogP contribution in [-0.2, 0) is 5.41 Å². The molecule has 2 aromatic rings. The number of fused-ring (bicyclic) bond motifs is 2. The van der Waals surface area contributed by atoms with Gasteiger partial charge in [0.15, 0.2) is 0 Å². The minimum Gasteiger partial charge on any atom is -0.347 e. The third-order valence-corrected chi connectivity index (χ3v) is 4.90. The third-order valence-electron chi connectivity index (χ3n) is 4.61. The Hall–Kier alpha value is -1.82. The molecule has 1 aliphatic heterocycles. The first-order valence-corrected chi connectivity index (χ1v) is 7.49. The van der Waals surface area contributed by atoms with Gasteiger partial charge in [-0.05, 0) is 31.0 Å². The molecule has 2 heterocycles. The average Bonchev–Trinajstić information content (AvgIpc) is 2.65. The molecule has 0 saturated heterocycles. The first-order chi connectivity index (χ1) is 10.6. The first-order valence-electron chi connectivity index (χ1n) is 7.11. The number of anilines is 1. The molecule has 23 heavy (non-hydrogen) atoms. The molecule has 3 rings (SSSR count). The Morgan fingerprint density at radius 3 is 2.52 bits per heavy atom. The van der Waals surface area contributed by atoms with Crippen LogP contribution in [0.2, 0.25) is 5.15 Å². The van der Waals surface area contributed by atoms with Gasteiger partial charge >= 0.3 is 6.18 Å². The number of likely N-dealkylation sites (N-methyl/N-ethyl adjacent to an activating group) is 1. The molecular weight excluding hydrogens is 327 g/mol. The van der Waals surface area contributed by atoms with Crippen LogP contribution < -0.4 is 4.90 Å². The van der Waals surface area contributed by atoms with Crippen LogP contribution in [0, 0.1) is 6.92 Å². The predicted molar refractivity (Wildman–Crippen MR) is 84.9 cm³/mol. The Morgan fingerprint density at radius 1 is 1.30 bits per heavy atom. The highest BCUT2D eigenvalue weighted by Gasteiger charge is 2.61. The monoisotopic (exact) mass is 341 g/mol. The predicted octanol–water partition coefficient (Wildman–Crippen LogP) is 4.77. The summed E-state index contributed by atoms with van der Waals surface area (Å²) in [6, 6.07) is 3.08. The zero-order valence-corrected chi connectivity index (χ0v) is 13.7. The normalized spacial score (nSPS) is 21.2. The van der Waals surface area contributed by atoms with E-state index in [1.54, 1.807) is 20.0 Å². The van der Waals surface area contributed by atoms with Crippen LogP contribution in [0.3, 0.4) is 0 Å². The standard InChI is InChI=1S/C16H15ClF3N3/c1-5-15(16(18,19)20)8(2)23(4)13-6-10-12(7-11(13)15)21-9(3)22-14(10)17/h6-7H,2,5H2,1,3-4H3. The van der Waals surface area contributed by atoms with E-state index in [9.17, 15) is 13.2 Å². The summed E-state index contributed by atoms with van der Waals surface area (Å²) in [6.07, 6.45) is -4.58. The van der Waals surface area contributed by atoms with E-state index < -0.39 is 11.6 Å². The van der Waals surface area contributed by atoms with E-state index in [2.05, 4.69) is 16.5 Å². The summed E-state index contributed by atoms with van der Waals surface area (Å²) in [5.74, 6) is 0.418. The van der Waals surface area contributed by atoms with Gasteiger partial charge in [-0.3, -0.25) is 0 Å². The molecule has 0 spiro atoms. The second-order valence-electron chi connectivity index (χ2n) is 5.71. The van der Waals surface area contributed by atoms with Crippen LogP contribution in [-0.4, -0.2) is 23.2 Å². The molecule has 1 aromatic heterocycles. The van der Waals surface area contributed by atoms with Crippen LogP contribution in [0.5, 0.6) is 0 Å². The van der Waals surface area contributed by atoms with Gasteiger partial charge in [-0.1, -0.05) is 25.1 Å². The molecule has 0 N–H and O–H groups in total. The van der Waals surface area contributed by atoms with Crippen molar-refractivity contribution in [1.29, 1.82) is 0 Å². The highest BCUT2D eigenvalue weighted by molar-refractivity contribution is 6.34. The van der Waals surface area contributed by atoms with Crippen LogP contribution in [0.4, 0.5) is 18.9 Å². The fourth-order valence-corrected chi connectivity index (χ4v) is 3.63. The molecule has 0 saturated carbocycles. The zero-order chi connectivity index (χ0) is 17.2. The van der Waals surface area contributed by atoms with E-state index in [1.807, 2.05) is 0 Å². The quantitative estimate of drug-likeness (QED) is 0.700. The second-order valence-corrected chi connectivity index (χ2v) is 6.07. The first kappa shape index (κ1) is 16.1. The van der Waals surface area contributed by atoms with Crippen LogP contribution in [0.15, 0.2) is 24.4 Å². The largest absolute Gasteiger partial charge is 0.403 e. The molecule has 1 aliphatic rings. The number of rotatable bonds is 1. The molecule has 7 heteroatoms. The Bertz CT molecular complexity index is 831. The van der Waals surface area contributed by atoms with Gasteiger partial charge in [0.2, 0.25) is 0 Å². The van der Waals surface area contributed by atoms with E-state index in [0.717, 1.165) is 0 Å². The number of aryl methyl sites for hydroxylation is 1. The van der Waals surface area contributed by atoms with Crippen molar-refractivity contribution >= 4 is 28.2 Å². The van der Waals surface area contributed by atoms with Crippen molar-refractivity contribution in [2.24, 2.45) is 0 Å². The maximum Gasteiger partial charge on any atom is 0.403 e. The van der Waals surface area contributed by atoms with Crippen molar-refractivity contribution in [3.63, 3.8) is 0 Å². The smallest absolute Gasteiger partial charge is 0.347 e. The number of allylic oxidation sites excluding steroid dienone is 1. The van der Waals surface area contributed by atoms with Crippen molar-refractivity contribution in [2.45, 2.75) is 31.9 Å². The van der Waals surface area contributed by atoms with E-state index in [1.165, 1.54) is 17.9 Å². The number of nitrogens with zero attached hydrogens (tertiary/aromatic N) is 3. The lowest BCUT2D eigenvalue weighted by molar-refractivity contribution is -0.178. The highest BCUT2D eigenvalue weighted by atomic mass is 35.5. The van der Waals surface area contributed by atoms with Crippen molar-refractivity contribution in [3.05, 3.63) is 40.9 Å². The minimum absolute atomic E-state index is 0.0126. The molecular formula is C16H15ClF3N3. The summed E-state index contributed by atoms with van der Waals surface area (Å²) in [5.41, 5.74) is -1.07. The summed E-state index contributed by atoms with van der Waals surface area (Å²) in [7, 11) is 1.58. The molecule has 0 radical (unpaired) electrons. The van der Waals surface area contributed by atoms with E-state index in [-0.39, 0.29) is 22.8 Å². The number of halogens is 4. The van der Waals surface area contributed by atoms with Gasteiger partial charge < -0.3 is 4.90 Å². The maximum atomic E-state index is 13.9. The Kier molecular flexibility index (Phi) is 3.38. The molecule has 1 atom stereocenters.